The summed E-state index contributed by atoms with van der Waals surface area (Å²) < 4.78 is 5.58. The highest BCUT2D eigenvalue weighted by Gasteiger charge is 2.13. The number of ether oxygens (including phenoxy) is 1. The van der Waals surface area contributed by atoms with E-state index in [1.807, 2.05) is 5.32 Å². The normalized spacial score (nSPS) is 10.2. The van der Waals surface area contributed by atoms with Crippen LogP contribution in [-0.2, 0) is 14.3 Å². The summed E-state index contributed by atoms with van der Waals surface area (Å²) >= 11 is 3.27. The van der Waals surface area contributed by atoms with Gasteiger partial charge in [0.15, 0.2) is 12.4 Å². The minimum atomic E-state index is -0.735. The summed E-state index contributed by atoms with van der Waals surface area (Å²) in [5.74, 6) is -1.61. The van der Waals surface area contributed by atoms with E-state index in [9.17, 15) is 19.2 Å². The molecule has 0 fully saturated rings. The van der Waals surface area contributed by atoms with Crippen molar-refractivity contribution in [1.82, 2.24) is 10.6 Å². The Kier molecular flexibility index (Phi) is 8.11. The van der Waals surface area contributed by atoms with Crippen LogP contribution in [0.5, 0.6) is 0 Å². The number of imide groups is 1. The first-order valence-electron chi connectivity index (χ1n) is 7.32. The number of ketones is 1. The number of esters is 1. The number of rotatable bonds is 7. The molecular formula is C16H19BrN2O5. The van der Waals surface area contributed by atoms with Gasteiger partial charge in [-0.15, -0.1) is 0 Å². The number of urea groups is 1. The third-order valence-electron chi connectivity index (χ3n) is 2.76. The molecule has 0 aliphatic rings. The minimum absolute atomic E-state index is 0.0179. The van der Waals surface area contributed by atoms with E-state index >= 15 is 0 Å². The maximum Gasteiger partial charge on any atom is 0.321 e. The molecule has 130 valence electrons. The van der Waals surface area contributed by atoms with Crippen LogP contribution in [0.15, 0.2) is 28.7 Å². The quantitative estimate of drug-likeness (QED) is 0.541. The van der Waals surface area contributed by atoms with Gasteiger partial charge in [0, 0.05) is 22.5 Å². The van der Waals surface area contributed by atoms with Crippen molar-refractivity contribution < 1.29 is 23.9 Å². The van der Waals surface area contributed by atoms with Crippen molar-refractivity contribution in [2.75, 3.05) is 6.61 Å². The van der Waals surface area contributed by atoms with E-state index in [-0.39, 0.29) is 24.7 Å². The van der Waals surface area contributed by atoms with Gasteiger partial charge in [0.1, 0.15) is 0 Å². The lowest BCUT2D eigenvalue weighted by Crippen LogP contribution is -2.44. The average molecular weight is 399 g/mol. The predicted molar refractivity (Wildman–Crippen MR) is 90.5 cm³/mol. The maximum absolute atomic E-state index is 11.9. The molecule has 0 aromatic heterocycles. The summed E-state index contributed by atoms with van der Waals surface area (Å²) in [7, 11) is 0. The van der Waals surface area contributed by atoms with Gasteiger partial charge in [-0.2, -0.15) is 0 Å². The van der Waals surface area contributed by atoms with E-state index < -0.39 is 24.5 Å². The number of carbonyl (C=O) groups is 4. The number of Topliss-reactive ketones (excluding diaryl/α,β-unsaturated/α-hetero) is 1. The Morgan fingerprint density at radius 3 is 2.29 bits per heavy atom. The summed E-state index contributed by atoms with van der Waals surface area (Å²) in [4.78, 5) is 46.1. The van der Waals surface area contributed by atoms with Crippen LogP contribution in [0.4, 0.5) is 4.79 Å². The van der Waals surface area contributed by atoms with Gasteiger partial charge < -0.3 is 10.1 Å². The fourth-order valence-corrected chi connectivity index (χ4v) is 1.94. The zero-order valence-corrected chi connectivity index (χ0v) is 15.0. The first-order valence-corrected chi connectivity index (χ1v) is 8.12. The fourth-order valence-electron chi connectivity index (χ4n) is 1.67. The van der Waals surface area contributed by atoms with Gasteiger partial charge in [-0.3, -0.25) is 19.7 Å². The van der Waals surface area contributed by atoms with E-state index in [1.165, 1.54) is 0 Å². The minimum Gasteiger partial charge on any atom is -0.456 e. The predicted octanol–water partition coefficient (Wildman–Crippen LogP) is 2.19. The van der Waals surface area contributed by atoms with Crippen LogP contribution >= 0.6 is 15.9 Å². The number of carbonyl (C=O) groups excluding carboxylic acids is 4. The molecule has 7 nitrogen and oxygen atoms in total. The molecular weight excluding hydrogens is 380 g/mol. The molecule has 0 saturated heterocycles. The van der Waals surface area contributed by atoms with Gasteiger partial charge in [-0.05, 0) is 26.0 Å². The highest BCUT2D eigenvalue weighted by atomic mass is 79.9. The van der Waals surface area contributed by atoms with Crippen molar-refractivity contribution in [2.24, 2.45) is 0 Å². The SMILES string of the molecule is CC(C)NC(=O)NC(=O)COC(=O)CCC(=O)c1ccc(Br)cc1. The summed E-state index contributed by atoms with van der Waals surface area (Å²) in [6.45, 7) is 2.91. The molecule has 0 aliphatic heterocycles. The Morgan fingerprint density at radius 1 is 1.08 bits per heavy atom. The van der Waals surface area contributed by atoms with Crippen molar-refractivity contribution in [3.63, 3.8) is 0 Å². The second-order valence-electron chi connectivity index (χ2n) is 5.27. The maximum atomic E-state index is 11.9. The molecule has 0 heterocycles. The molecule has 0 bridgehead atoms. The van der Waals surface area contributed by atoms with Crippen LogP contribution in [0, 0.1) is 0 Å². The molecule has 1 aromatic rings. The lowest BCUT2D eigenvalue weighted by molar-refractivity contribution is -0.148. The molecule has 0 atom stereocenters. The van der Waals surface area contributed by atoms with E-state index in [1.54, 1.807) is 38.1 Å². The van der Waals surface area contributed by atoms with E-state index in [0.29, 0.717) is 5.56 Å². The summed E-state index contributed by atoms with van der Waals surface area (Å²) in [6, 6.07) is 5.99. The third-order valence-corrected chi connectivity index (χ3v) is 3.29. The molecule has 8 heteroatoms. The van der Waals surface area contributed by atoms with E-state index in [4.69, 9.17) is 4.74 Å². The number of hydrogen-bond donors (Lipinski definition) is 2. The van der Waals surface area contributed by atoms with Gasteiger partial charge in [0.05, 0.1) is 6.42 Å². The van der Waals surface area contributed by atoms with Crippen LogP contribution in [0.1, 0.15) is 37.0 Å². The number of nitrogens with one attached hydrogen (secondary N) is 2. The Hall–Kier alpha value is -2.22. The van der Waals surface area contributed by atoms with Crippen LogP contribution in [0.2, 0.25) is 0 Å². The third kappa shape index (κ3) is 7.87. The fraction of sp³-hybridized carbons (Fsp3) is 0.375. The Labute approximate surface area is 148 Å². The smallest absolute Gasteiger partial charge is 0.321 e. The van der Waals surface area contributed by atoms with Gasteiger partial charge in [0.25, 0.3) is 5.91 Å². The van der Waals surface area contributed by atoms with Gasteiger partial charge in [0.2, 0.25) is 0 Å². The molecule has 0 radical (unpaired) electrons. The Morgan fingerprint density at radius 2 is 1.71 bits per heavy atom. The summed E-state index contributed by atoms with van der Waals surface area (Å²) in [6.07, 6.45) is -0.156. The van der Waals surface area contributed by atoms with Gasteiger partial charge >= 0.3 is 12.0 Å². The summed E-state index contributed by atoms with van der Waals surface area (Å²) in [5.41, 5.74) is 0.495. The number of amides is 3. The monoisotopic (exact) mass is 398 g/mol. The Balaban J connectivity index is 2.28. The molecule has 0 aliphatic carbocycles. The van der Waals surface area contributed by atoms with Crippen LogP contribution in [0.25, 0.3) is 0 Å². The van der Waals surface area contributed by atoms with Crippen LogP contribution in [-0.4, -0.2) is 36.3 Å². The van der Waals surface area contributed by atoms with Gasteiger partial charge in [-0.25, -0.2) is 4.79 Å². The second kappa shape index (κ2) is 9.82. The standard InChI is InChI=1S/C16H19BrN2O5/c1-10(2)18-16(23)19-14(21)9-24-15(22)8-7-13(20)11-3-5-12(17)6-4-11/h3-6,10H,7-9H2,1-2H3,(H2,18,19,21,23). The number of benzene rings is 1. The molecule has 24 heavy (non-hydrogen) atoms. The first kappa shape index (κ1) is 19.8. The Bertz CT molecular complexity index is 613. The second-order valence-corrected chi connectivity index (χ2v) is 6.18. The van der Waals surface area contributed by atoms with E-state index in [0.717, 1.165) is 4.47 Å². The van der Waals surface area contributed by atoms with Crippen LogP contribution < -0.4 is 10.6 Å². The number of hydrogen-bond acceptors (Lipinski definition) is 5. The van der Waals surface area contributed by atoms with Gasteiger partial charge in [-0.1, -0.05) is 28.1 Å². The molecule has 1 aromatic carbocycles. The molecule has 1 rings (SSSR count). The first-order chi connectivity index (χ1) is 11.3. The van der Waals surface area contributed by atoms with Crippen molar-refractivity contribution in [3.05, 3.63) is 34.3 Å². The molecule has 0 unspecified atom stereocenters. The zero-order valence-electron chi connectivity index (χ0n) is 13.4. The van der Waals surface area contributed by atoms with Crippen molar-refractivity contribution in [1.29, 1.82) is 0 Å². The highest BCUT2D eigenvalue weighted by Crippen LogP contribution is 2.12. The van der Waals surface area contributed by atoms with Crippen molar-refractivity contribution in [2.45, 2.75) is 32.7 Å². The molecule has 0 saturated carbocycles. The zero-order chi connectivity index (χ0) is 18.1. The highest BCUT2D eigenvalue weighted by molar-refractivity contribution is 9.10. The van der Waals surface area contributed by atoms with E-state index in [2.05, 4.69) is 21.2 Å². The molecule has 3 amide bonds. The van der Waals surface area contributed by atoms with Crippen LogP contribution in [0.3, 0.4) is 0 Å². The topological polar surface area (TPSA) is 102 Å². The lowest BCUT2D eigenvalue weighted by atomic mass is 10.1. The molecule has 2 N–H and O–H groups in total. The molecule has 0 spiro atoms. The lowest BCUT2D eigenvalue weighted by Gasteiger charge is -2.09. The summed E-state index contributed by atoms with van der Waals surface area (Å²) in [5, 5.41) is 4.49. The largest absolute Gasteiger partial charge is 0.456 e. The number of halogens is 1. The van der Waals surface area contributed by atoms with Crippen molar-refractivity contribution >= 4 is 39.6 Å². The average Bonchev–Trinajstić information content (AvgIpc) is 2.50. The van der Waals surface area contributed by atoms with Crippen molar-refractivity contribution in [3.8, 4) is 0 Å².